The van der Waals surface area contributed by atoms with Crippen molar-refractivity contribution in [1.82, 2.24) is 0 Å². The van der Waals surface area contributed by atoms with E-state index < -0.39 is 24.2 Å². The standard InChI is InChI=1S/C18H19F3N2O3/c1-17(22,12-6-4-3-5-7-12)16(24)23-13-8-9-14(25-2)15(10-13)26-11-18(19,20)21/h3-10H,11,22H2,1-2H3,(H,23,24). The third-order valence-corrected chi connectivity index (χ3v) is 3.66. The highest BCUT2D eigenvalue weighted by Crippen LogP contribution is 2.32. The Balaban J connectivity index is 2.19. The Morgan fingerprint density at radius 2 is 1.77 bits per heavy atom. The summed E-state index contributed by atoms with van der Waals surface area (Å²) in [6.45, 7) is 0.0711. The van der Waals surface area contributed by atoms with Gasteiger partial charge in [0.2, 0.25) is 5.91 Å². The van der Waals surface area contributed by atoms with Crippen LogP contribution in [-0.2, 0) is 10.3 Å². The summed E-state index contributed by atoms with van der Waals surface area (Å²) in [7, 11) is 1.31. The molecule has 140 valence electrons. The van der Waals surface area contributed by atoms with Crippen LogP contribution in [0.2, 0.25) is 0 Å². The zero-order chi connectivity index (χ0) is 19.4. The maximum Gasteiger partial charge on any atom is 0.422 e. The van der Waals surface area contributed by atoms with Crippen molar-refractivity contribution in [2.24, 2.45) is 5.73 Å². The quantitative estimate of drug-likeness (QED) is 0.819. The highest BCUT2D eigenvalue weighted by Gasteiger charge is 2.31. The van der Waals surface area contributed by atoms with E-state index in [1.165, 1.54) is 25.3 Å². The van der Waals surface area contributed by atoms with Gasteiger partial charge in [-0.3, -0.25) is 4.79 Å². The van der Waals surface area contributed by atoms with E-state index in [1.54, 1.807) is 37.3 Å². The predicted molar refractivity (Wildman–Crippen MR) is 91.2 cm³/mol. The van der Waals surface area contributed by atoms with Gasteiger partial charge in [0.1, 0.15) is 5.54 Å². The number of nitrogens with one attached hydrogen (secondary N) is 1. The summed E-state index contributed by atoms with van der Waals surface area (Å²) < 4.78 is 46.9. The Bertz CT molecular complexity index is 762. The fraction of sp³-hybridized carbons (Fsp3) is 0.278. The van der Waals surface area contributed by atoms with Gasteiger partial charge < -0.3 is 20.5 Å². The van der Waals surface area contributed by atoms with Gasteiger partial charge in [-0.1, -0.05) is 30.3 Å². The minimum Gasteiger partial charge on any atom is -0.493 e. The van der Waals surface area contributed by atoms with E-state index in [4.69, 9.17) is 15.2 Å². The molecule has 0 aromatic heterocycles. The van der Waals surface area contributed by atoms with Gasteiger partial charge in [0.05, 0.1) is 7.11 Å². The molecule has 0 radical (unpaired) electrons. The molecule has 2 rings (SSSR count). The van der Waals surface area contributed by atoms with Gasteiger partial charge in [0.15, 0.2) is 18.1 Å². The lowest BCUT2D eigenvalue weighted by Gasteiger charge is -2.24. The number of rotatable bonds is 6. The van der Waals surface area contributed by atoms with Gasteiger partial charge in [0, 0.05) is 11.8 Å². The molecule has 0 aliphatic rings. The molecule has 0 spiro atoms. The van der Waals surface area contributed by atoms with Crippen molar-refractivity contribution in [3.63, 3.8) is 0 Å². The number of carbonyl (C=O) groups is 1. The average Bonchev–Trinajstić information content (AvgIpc) is 2.60. The van der Waals surface area contributed by atoms with Crippen molar-refractivity contribution < 1.29 is 27.4 Å². The summed E-state index contributed by atoms with van der Waals surface area (Å²) in [6.07, 6.45) is -4.49. The number of nitrogens with two attached hydrogens (primary N) is 1. The Morgan fingerprint density at radius 1 is 1.12 bits per heavy atom. The van der Waals surface area contributed by atoms with Crippen LogP contribution >= 0.6 is 0 Å². The lowest BCUT2D eigenvalue weighted by molar-refractivity contribution is -0.153. The van der Waals surface area contributed by atoms with Crippen molar-refractivity contribution in [2.75, 3.05) is 19.0 Å². The molecule has 3 N–H and O–H groups in total. The topological polar surface area (TPSA) is 73.6 Å². The van der Waals surface area contributed by atoms with Crippen LogP contribution in [0, 0.1) is 0 Å². The van der Waals surface area contributed by atoms with Gasteiger partial charge in [-0.25, -0.2) is 0 Å². The number of anilines is 1. The Labute approximate surface area is 148 Å². The fourth-order valence-corrected chi connectivity index (χ4v) is 2.20. The number of methoxy groups -OCH3 is 1. The molecular formula is C18H19F3N2O3. The molecule has 0 aliphatic heterocycles. The molecule has 2 aromatic rings. The summed E-state index contributed by atoms with van der Waals surface area (Å²) in [6, 6.07) is 12.9. The molecule has 0 bridgehead atoms. The molecule has 0 saturated carbocycles. The summed E-state index contributed by atoms with van der Waals surface area (Å²) in [5.41, 5.74) is 5.63. The molecule has 5 nitrogen and oxygen atoms in total. The number of ether oxygens (including phenoxy) is 2. The first-order valence-corrected chi connectivity index (χ1v) is 7.67. The van der Waals surface area contributed by atoms with E-state index in [0.717, 1.165) is 0 Å². The summed E-state index contributed by atoms with van der Waals surface area (Å²) >= 11 is 0. The van der Waals surface area contributed by atoms with Crippen molar-refractivity contribution in [2.45, 2.75) is 18.6 Å². The third kappa shape index (κ3) is 4.89. The number of halogens is 3. The van der Waals surface area contributed by atoms with Crippen LogP contribution in [-0.4, -0.2) is 25.8 Å². The smallest absolute Gasteiger partial charge is 0.422 e. The molecule has 0 saturated heterocycles. The van der Waals surface area contributed by atoms with Crippen LogP contribution in [0.4, 0.5) is 18.9 Å². The Morgan fingerprint density at radius 3 is 2.35 bits per heavy atom. The summed E-state index contributed by atoms with van der Waals surface area (Å²) in [5.74, 6) is -0.539. The average molecular weight is 368 g/mol. The minimum atomic E-state index is -4.49. The number of alkyl halides is 3. The zero-order valence-electron chi connectivity index (χ0n) is 14.3. The van der Waals surface area contributed by atoms with Gasteiger partial charge in [-0.2, -0.15) is 13.2 Å². The third-order valence-electron chi connectivity index (χ3n) is 3.66. The molecule has 0 heterocycles. The largest absolute Gasteiger partial charge is 0.493 e. The number of hydrogen-bond acceptors (Lipinski definition) is 4. The maximum atomic E-state index is 12.5. The second-order valence-electron chi connectivity index (χ2n) is 5.79. The van der Waals surface area contributed by atoms with Gasteiger partial charge in [-0.05, 0) is 24.6 Å². The fourth-order valence-electron chi connectivity index (χ4n) is 2.20. The van der Waals surface area contributed by atoms with Crippen LogP contribution in [0.1, 0.15) is 12.5 Å². The zero-order valence-corrected chi connectivity index (χ0v) is 14.3. The first kappa shape index (κ1) is 19.6. The SMILES string of the molecule is COc1ccc(NC(=O)C(C)(N)c2ccccc2)cc1OCC(F)(F)F. The second kappa shape index (κ2) is 7.65. The van der Waals surface area contributed by atoms with E-state index in [1.807, 2.05) is 0 Å². The first-order chi connectivity index (χ1) is 12.1. The number of hydrogen-bond donors (Lipinski definition) is 2. The molecule has 8 heteroatoms. The monoisotopic (exact) mass is 368 g/mol. The molecule has 0 fully saturated rings. The van der Waals surface area contributed by atoms with Gasteiger partial charge >= 0.3 is 6.18 Å². The van der Waals surface area contributed by atoms with Crippen molar-refractivity contribution in [3.05, 3.63) is 54.1 Å². The number of carbonyl (C=O) groups excluding carboxylic acids is 1. The van der Waals surface area contributed by atoms with Crippen LogP contribution < -0.4 is 20.5 Å². The van der Waals surface area contributed by atoms with Crippen LogP contribution in [0.3, 0.4) is 0 Å². The summed E-state index contributed by atoms with van der Waals surface area (Å²) in [4.78, 5) is 12.5. The highest BCUT2D eigenvalue weighted by atomic mass is 19.4. The van der Waals surface area contributed by atoms with E-state index in [-0.39, 0.29) is 17.2 Å². The van der Waals surface area contributed by atoms with Crippen LogP contribution in [0.5, 0.6) is 11.5 Å². The first-order valence-electron chi connectivity index (χ1n) is 7.67. The molecular weight excluding hydrogens is 349 g/mol. The van der Waals surface area contributed by atoms with E-state index in [2.05, 4.69) is 5.32 Å². The van der Waals surface area contributed by atoms with Crippen molar-refractivity contribution in [3.8, 4) is 11.5 Å². The summed E-state index contributed by atoms with van der Waals surface area (Å²) in [5, 5.41) is 2.59. The molecule has 26 heavy (non-hydrogen) atoms. The van der Waals surface area contributed by atoms with Crippen LogP contribution in [0.25, 0.3) is 0 Å². The molecule has 1 atom stereocenters. The van der Waals surface area contributed by atoms with Crippen LogP contribution in [0.15, 0.2) is 48.5 Å². The predicted octanol–water partition coefficient (Wildman–Crippen LogP) is 3.45. The normalized spacial score (nSPS) is 13.6. The van der Waals surface area contributed by atoms with E-state index in [0.29, 0.717) is 5.56 Å². The van der Waals surface area contributed by atoms with E-state index in [9.17, 15) is 18.0 Å². The maximum absolute atomic E-state index is 12.5. The van der Waals surface area contributed by atoms with E-state index >= 15 is 0 Å². The van der Waals surface area contributed by atoms with Gasteiger partial charge in [0.25, 0.3) is 0 Å². The van der Waals surface area contributed by atoms with Crippen molar-refractivity contribution in [1.29, 1.82) is 0 Å². The molecule has 2 aromatic carbocycles. The minimum absolute atomic E-state index is 0.116. The Hall–Kier alpha value is -2.74. The lowest BCUT2D eigenvalue weighted by Crippen LogP contribution is -2.45. The van der Waals surface area contributed by atoms with Gasteiger partial charge in [-0.15, -0.1) is 0 Å². The Kier molecular flexibility index (Phi) is 5.76. The molecule has 1 unspecified atom stereocenters. The second-order valence-corrected chi connectivity index (χ2v) is 5.79. The molecule has 0 aliphatic carbocycles. The van der Waals surface area contributed by atoms with Crippen molar-refractivity contribution >= 4 is 11.6 Å². The number of benzene rings is 2. The highest BCUT2D eigenvalue weighted by molar-refractivity contribution is 5.98. The lowest BCUT2D eigenvalue weighted by atomic mass is 9.92. The number of amides is 1. The molecule has 1 amide bonds.